The lowest BCUT2D eigenvalue weighted by atomic mass is 9.90. The third-order valence-corrected chi connectivity index (χ3v) is 6.34. The number of aliphatic hydroxyl groups is 2. The number of fused-ring (bicyclic) bond motifs is 1. The second-order valence-corrected chi connectivity index (χ2v) is 9.58. The fraction of sp³-hybridized carbons (Fsp3) is 0.267. The van der Waals surface area contributed by atoms with Crippen LogP contribution in [0.3, 0.4) is 0 Å². The third-order valence-electron chi connectivity index (χ3n) is 6.34. The molecule has 4 aromatic rings. The minimum Gasteiger partial charge on any atom is -0.481 e. The predicted molar refractivity (Wildman–Crippen MR) is 143 cm³/mol. The zero-order chi connectivity index (χ0) is 26.7. The summed E-state index contributed by atoms with van der Waals surface area (Å²) >= 11 is 0. The van der Waals surface area contributed by atoms with Crippen molar-refractivity contribution in [2.75, 3.05) is 0 Å². The van der Waals surface area contributed by atoms with Gasteiger partial charge in [-0.15, -0.1) is 0 Å². The Balaban J connectivity index is 1.94. The van der Waals surface area contributed by atoms with Crippen LogP contribution in [0.4, 0.5) is 4.39 Å². The summed E-state index contributed by atoms with van der Waals surface area (Å²) < 4.78 is 15.7. The van der Waals surface area contributed by atoms with E-state index in [2.05, 4.69) is 32.0 Å². The van der Waals surface area contributed by atoms with Gasteiger partial charge in [-0.05, 0) is 54.3 Å². The summed E-state index contributed by atoms with van der Waals surface area (Å²) in [7, 11) is 0. The molecule has 0 spiro atoms. The standard InChI is InChI=1S/C30H31FN2O4/c1-18(2)28-25(14-13-23(34)16-24(35)17-27(36)37)29(21-9-11-22(31)12-10-21)32-33-19(3)15-26(30(28)33)20-7-5-4-6-8-20/h4-15,18,23-24,34-35H,16-17H2,1-3H3,(H,36,37)/b14-13+. The first-order valence-corrected chi connectivity index (χ1v) is 12.3. The average molecular weight is 503 g/mol. The SMILES string of the molecule is Cc1cc(-c2ccccc2)c2c(C(C)C)c(/C=C/C(O)CC(O)CC(=O)O)c(-c3ccc(F)cc3)nn12. The molecule has 0 amide bonds. The summed E-state index contributed by atoms with van der Waals surface area (Å²) in [6, 6.07) is 18.3. The molecule has 0 saturated carbocycles. The maximum Gasteiger partial charge on any atom is 0.305 e. The molecule has 37 heavy (non-hydrogen) atoms. The summed E-state index contributed by atoms with van der Waals surface area (Å²) in [5.41, 5.74) is 7.12. The van der Waals surface area contributed by atoms with E-state index < -0.39 is 24.6 Å². The molecule has 6 nitrogen and oxygen atoms in total. The Kier molecular flexibility index (Phi) is 7.86. The number of carboxylic acid groups (broad SMARTS) is 1. The Bertz CT molecular complexity index is 1430. The zero-order valence-electron chi connectivity index (χ0n) is 21.1. The van der Waals surface area contributed by atoms with E-state index >= 15 is 0 Å². The quantitative estimate of drug-likeness (QED) is 0.267. The van der Waals surface area contributed by atoms with Crippen molar-refractivity contribution in [3.63, 3.8) is 0 Å². The number of carbonyl (C=O) groups is 1. The van der Waals surface area contributed by atoms with Crippen LogP contribution < -0.4 is 0 Å². The number of hydrogen-bond donors (Lipinski definition) is 3. The van der Waals surface area contributed by atoms with Gasteiger partial charge in [0.2, 0.25) is 0 Å². The van der Waals surface area contributed by atoms with E-state index in [0.717, 1.165) is 39.0 Å². The average Bonchev–Trinajstić information content (AvgIpc) is 3.18. The first kappa shape index (κ1) is 26.3. The normalized spacial score (nSPS) is 13.5. The number of aromatic nitrogens is 2. The highest BCUT2D eigenvalue weighted by Gasteiger charge is 2.23. The van der Waals surface area contributed by atoms with Gasteiger partial charge in [-0.2, -0.15) is 5.10 Å². The third kappa shape index (κ3) is 5.79. The number of benzene rings is 2. The topological polar surface area (TPSA) is 95.1 Å². The van der Waals surface area contributed by atoms with E-state index in [1.807, 2.05) is 29.6 Å². The second kappa shape index (κ2) is 11.1. The van der Waals surface area contributed by atoms with Gasteiger partial charge >= 0.3 is 5.97 Å². The fourth-order valence-electron chi connectivity index (χ4n) is 4.69. The van der Waals surface area contributed by atoms with Crippen molar-refractivity contribution in [3.05, 3.63) is 89.4 Å². The lowest BCUT2D eigenvalue weighted by Crippen LogP contribution is -2.19. The minimum atomic E-state index is -1.17. The molecule has 2 aromatic heterocycles. The molecule has 2 heterocycles. The minimum absolute atomic E-state index is 0.0656. The number of hydrogen-bond acceptors (Lipinski definition) is 4. The first-order valence-electron chi connectivity index (χ1n) is 12.3. The van der Waals surface area contributed by atoms with E-state index in [4.69, 9.17) is 10.2 Å². The van der Waals surface area contributed by atoms with Gasteiger partial charge in [0.25, 0.3) is 0 Å². The monoisotopic (exact) mass is 502 g/mol. The Morgan fingerprint density at radius 1 is 1.05 bits per heavy atom. The smallest absolute Gasteiger partial charge is 0.305 e. The lowest BCUT2D eigenvalue weighted by Gasteiger charge is -2.19. The molecule has 0 aliphatic carbocycles. The molecule has 0 fully saturated rings. The highest BCUT2D eigenvalue weighted by atomic mass is 19.1. The molecule has 3 N–H and O–H groups in total. The van der Waals surface area contributed by atoms with Gasteiger partial charge in [-0.1, -0.05) is 56.3 Å². The van der Waals surface area contributed by atoms with Crippen molar-refractivity contribution in [1.82, 2.24) is 9.61 Å². The Hall–Kier alpha value is -3.81. The maximum atomic E-state index is 13.7. The van der Waals surface area contributed by atoms with E-state index in [-0.39, 0.29) is 18.2 Å². The molecule has 7 heteroatoms. The van der Waals surface area contributed by atoms with Crippen LogP contribution in [-0.2, 0) is 4.79 Å². The summed E-state index contributed by atoms with van der Waals surface area (Å²) in [6.07, 6.45) is 0.540. The van der Waals surface area contributed by atoms with E-state index in [9.17, 15) is 19.4 Å². The molecule has 192 valence electrons. The molecule has 0 radical (unpaired) electrons. The second-order valence-electron chi connectivity index (χ2n) is 9.58. The van der Waals surface area contributed by atoms with Crippen molar-refractivity contribution >= 4 is 17.6 Å². The highest BCUT2D eigenvalue weighted by molar-refractivity contribution is 5.89. The highest BCUT2D eigenvalue weighted by Crippen LogP contribution is 2.39. The van der Waals surface area contributed by atoms with Crippen LogP contribution in [0.2, 0.25) is 0 Å². The molecule has 2 atom stereocenters. The van der Waals surface area contributed by atoms with Crippen molar-refractivity contribution in [3.8, 4) is 22.4 Å². The number of aliphatic carboxylic acids is 1. The van der Waals surface area contributed by atoms with Crippen LogP contribution in [0.1, 0.15) is 49.4 Å². The van der Waals surface area contributed by atoms with Crippen LogP contribution in [0.15, 0.2) is 66.7 Å². The molecule has 4 rings (SSSR count). The van der Waals surface area contributed by atoms with Crippen molar-refractivity contribution in [2.45, 2.75) is 51.7 Å². The fourth-order valence-corrected chi connectivity index (χ4v) is 4.69. The van der Waals surface area contributed by atoms with Crippen LogP contribution in [0.5, 0.6) is 0 Å². The van der Waals surface area contributed by atoms with Gasteiger partial charge < -0.3 is 15.3 Å². The summed E-state index contributed by atoms with van der Waals surface area (Å²) in [5.74, 6) is -1.41. The number of nitrogens with zero attached hydrogens (tertiary/aromatic N) is 2. The molecular formula is C30H31FN2O4. The maximum absolute atomic E-state index is 13.7. The Morgan fingerprint density at radius 3 is 2.35 bits per heavy atom. The molecular weight excluding hydrogens is 471 g/mol. The summed E-state index contributed by atoms with van der Waals surface area (Å²) in [5, 5.41) is 34.4. The van der Waals surface area contributed by atoms with Crippen LogP contribution in [0, 0.1) is 12.7 Å². The first-order chi connectivity index (χ1) is 17.7. The molecule has 0 saturated heterocycles. The van der Waals surface area contributed by atoms with Gasteiger partial charge in [-0.25, -0.2) is 8.91 Å². The molecule has 0 aliphatic heterocycles. The molecule has 2 aromatic carbocycles. The Labute approximate surface area is 215 Å². The number of halogens is 1. The molecule has 0 aliphatic rings. The van der Waals surface area contributed by atoms with E-state index in [1.165, 1.54) is 12.1 Å². The predicted octanol–water partition coefficient (Wildman–Crippen LogP) is 5.84. The zero-order valence-corrected chi connectivity index (χ0v) is 21.1. The van der Waals surface area contributed by atoms with Crippen molar-refractivity contribution < 1.29 is 24.5 Å². The van der Waals surface area contributed by atoms with Gasteiger partial charge in [0.1, 0.15) is 5.82 Å². The largest absolute Gasteiger partial charge is 0.481 e. The molecule has 0 bridgehead atoms. The van der Waals surface area contributed by atoms with Gasteiger partial charge in [-0.3, -0.25) is 4.79 Å². The Morgan fingerprint density at radius 2 is 1.73 bits per heavy atom. The van der Waals surface area contributed by atoms with E-state index in [0.29, 0.717) is 5.69 Å². The number of aliphatic hydroxyl groups excluding tert-OH is 2. The van der Waals surface area contributed by atoms with Crippen LogP contribution >= 0.6 is 0 Å². The van der Waals surface area contributed by atoms with E-state index in [1.54, 1.807) is 24.3 Å². The van der Waals surface area contributed by atoms with Crippen LogP contribution in [0.25, 0.3) is 34.0 Å². The van der Waals surface area contributed by atoms with Gasteiger partial charge in [0.15, 0.2) is 0 Å². The lowest BCUT2D eigenvalue weighted by molar-refractivity contribution is -0.139. The van der Waals surface area contributed by atoms with Crippen molar-refractivity contribution in [1.29, 1.82) is 0 Å². The van der Waals surface area contributed by atoms with Gasteiger partial charge in [0.05, 0.1) is 29.8 Å². The number of rotatable bonds is 9. The number of aryl methyl sites for hydroxylation is 1. The summed E-state index contributed by atoms with van der Waals surface area (Å²) in [4.78, 5) is 10.9. The summed E-state index contributed by atoms with van der Waals surface area (Å²) in [6.45, 7) is 6.17. The van der Waals surface area contributed by atoms with Crippen molar-refractivity contribution in [2.24, 2.45) is 0 Å². The molecule has 2 unspecified atom stereocenters. The van der Waals surface area contributed by atoms with Gasteiger partial charge in [0, 0.05) is 28.8 Å². The van der Waals surface area contributed by atoms with Crippen LogP contribution in [-0.4, -0.2) is 43.1 Å². The number of carboxylic acids is 1.